The van der Waals surface area contributed by atoms with Crippen LogP contribution in [0.1, 0.15) is 12.8 Å². The third-order valence-electron chi connectivity index (χ3n) is 3.25. The highest BCUT2D eigenvalue weighted by Gasteiger charge is 2.57. The minimum atomic E-state index is -4.77. The van der Waals surface area contributed by atoms with Gasteiger partial charge in [0.1, 0.15) is 5.41 Å². The van der Waals surface area contributed by atoms with E-state index >= 15 is 0 Å². The van der Waals surface area contributed by atoms with Crippen LogP contribution in [0.3, 0.4) is 0 Å². The average Bonchev–Trinajstić information content (AvgIpc) is 3.20. The van der Waals surface area contributed by atoms with Gasteiger partial charge in [0.2, 0.25) is 15.7 Å². The first kappa shape index (κ1) is 15.4. The summed E-state index contributed by atoms with van der Waals surface area (Å²) in [5, 5.41) is 11.2. The van der Waals surface area contributed by atoms with Crippen molar-refractivity contribution >= 4 is 27.4 Å². The van der Waals surface area contributed by atoms with Crippen LogP contribution in [0.4, 0.5) is 14.5 Å². The van der Waals surface area contributed by atoms with Gasteiger partial charge in [0.15, 0.2) is 0 Å². The number of benzene rings is 1. The van der Waals surface area contributed by atoms with E-state index in [4.69, 9.17) is 5.11 Å². The number of carboxylic acids is 1. The molecule has 2 rings (SSSR count). The highest BCUT2D eigenvalue weighted by atomic mass is 32.2. The minimum Gasteiger partial charge on any atom is -0.480 e. The Morgan fingerprint density at radius 1 is 1.29 bits per heavy atom. The van der Waals surface area contributed by atoms with Crippen molar-refractivity contribution in [2.75, 3.05) is 5.32 Å². The Morgan fingerprint density at radius 3 is 2.38 bits per heavy atom. The summed E-state index contributed by atoms with van der Waals surface area (Å²) in [6, 6.07) is 4.32. The van der Waals surface area contributed by atoms with Gasteiger partial charge in [-0.25, -0.2) is 8.42 Å². The SMILES string of the molecule is O=C(O)C1(C(=O)Nc2cccc(S(=O)(=O)C(F)F)c2)CC1. The molecular weight excluding hydrogens is 308 g/mol. The molecule has 21 heavy (non-hydrogen) atoms. The van der Waals surface area contributed by atoms with Gasteiger partial charge < -0.3 is 10.4 Å². The topological polar surface area (TPSA) is 101 Å². The lowest BCUT2D eigenvalue weighted by Gasteiger charge is -2.11. The molecule has 1 amide bonds. The maximum absolute atomic E-state index is 12.4. The van der Waals surface area contributed by atoms with E-state index in [2.05, 4.69) is 5.32 Å². The molecule has 1 aliphatic rings. The summed E-state index contributed by atoms with van der Waals surface area (Å²) in [5.74, 6) is -5.63. The smallest absolute Gasteiger partial charge is 0.341 e. The molecule has 6 nitrogen and oxygen atoms in total. The van der Waals surface area contributed by atoms with E-state index < -0.39 is 37.8 Å². The number of aliphatic carboxylic acids is 1. The van der Waals surface area contributed by atoms with Crippen molar-refractivity contribution in [3.05, 3.63) is 24.3 Å². The van der Waals surface area contributed by atoms with Crippen LogP contribution in [0.5, 0.6) is 0 Å². The van der Waals surface area contributed by atoms with Gasteiger partial charge in [-0.3, -0.25) is 9.59 Å². The molecule has 0 unspecified atom stereocenters. The summed E-state index contributed by atoms with van der Waals surface area (Å²) in [7, 11) is -4.77. The van der Waals surface area contributed by atoms with Gasteiger partial charge in [-0.15, -0.1) is 0 Å². The molecule has 2 N–H and O–H groups in total. The number of anilines is 1. The van der Waals surface area contributed by atoms with Crippen LogP contribution in [0.15, 0.2) is 29.2 Å². The fraction of sp³-hybridized carbons (Fsp3) is 0.333. The number of carbonyl (C=O) groups is 2. The lowest BCUT2D eigenvalue weighted by molar-refractivity contribution is -0.147. The van der Waals surface area contributed by atoms with Crippen LogP contribution < -0.4 is 5.32 Å². The summed E-state index contributed by atoms with van der Waals surface area (Å²) in [6.07, 6.45) is 0.367. The number of sulfone groups is 1. The molecule has 1 saturated carbocycles. The first-order valence-corrected chi connectivity index (χ1v) is 7.42. The molecule has 0 spiro atoms. The Balaban J connectivity index is 2.24. The summed E-state index contributed by atoms with van der Waals surface area (Å²) in [4.78, 5) is 22.2. The Hall–Kier alpha value is -2.03. The summed E-state index contributed by atoms with van der Waals surface area (Å²) in [5.41, 5.74) is -1.55. The number of carbonyl (C=O) groups excluding carboxylic acids is 1. The maximum atomic E-state index is 12.4. The molecule has 0 aliphatic heterocycles. The van der Waals surface area contributed by atoms with Gasteiger partial charge in [-0.1, -0.05) is 6.07 Å². The van der Waals surface area contributed by atoms with E-state index in [0.29, 0.717) is 0 Å². The quantitative estimate of drug-likeness (QED) is 0.801. The summed E-state index contributed by atoms with van der Waals surface area (Å²) >= 11 is 0. The molecule has 0 bridgehead atoms. The van der Waals surface area contributed by atoms with E-state index in [-0.39, 0.29) is 18.5 Å². The number of amides is 1. The monoisotopic (exact) mass is 319 g/mol. The largest absolute Gasteiger partial charge is 0.480 e. The van der Waals surface area contributed by atoms with Crippen molar-refractivity contribution in [2.45, 2.75) is 23.5 Å². The molecule has 1 aliphatic carbocycles. The molecule has 114 valence electrons. The normalized spacial score (nSPS) is 16.5. The fourth-order valence-corrected chi connectivity index (χ4v) is 2.53. The Bertz CT molecular complexity index is 697. The zero-order valence-corrected chi connectivity index (χ0v) is 11.4. The molecule has 9 heteroatoms. The molecule has 0 aromatic heterocycles. The first-order chi connectivity index (χ1) is 9.70. The molecule has 0 atom stereocenters. The Morgan fingerprint density at radius 2 is 1.90 bits per heavy atom. The van der Waals surface area contributed by atoms with Crippen LogP contribution in [0.25, 0.3) is 0 Å². The highest BCUT2D eigenvalue weighted by Crippen LogP contribution is 2.46. The van der Waals surface area contributed by atoms with Crippen LogP contribution >= 0.6 is 0 Å². The van der Waals surface area contributed by atoms with Gasteiger partial charge in [-0.2, -0.15) is 8.78 Å². The van der Waals surface area contributed by atoms with Crippen LogP contribution in [0.2, 0.25) is 0 Å². The zero-order valence-electron chi connectivity index (χ0n) is 10.5. The number of nitrogens with one attached hydrogen (secondary N) is 1. The predicted molar refractivity (Wildman–Crippen MR) is 67.6 cm³/mol. The Labute approximate surface area is 118 Å². The number of halogens is 2. The molecular formula is C12H11F2NO5S. The van der Waals surface area contributed by atoms with Crippen molar-refractivity contribution in [1.29, 1.82) is 0 Å². The van der Waals surface area contributed by atoms with Gasteiger partial charge in [0, 0.05) is 5.69 Å². The summed E-state index contributed by atoms with van der Waals surface area (Å²) in [6.45, 7) is 0. The second-order valence-electron chi connectivity index (χ2n) is 4.67. The van der Waals surface area contributed by atoms with E-state index in [0.717, 1.165) is 12.1 Å². The van der Waals surface area contributed by atoms with Gasteiger partial charge in [-0.05, 0) is 31.0 Å². The summed E-state index contributed by atoms with van der Waals surface area (Å²) < 4.78 is 47.6. The van der Waals surface area contributed by atoms with Gasteiger partial charge >= 0.3 is 11.7 Å². The lowest BCUT2D eigenvalue weighted by Crippen LogP contribution is -2.31. The van der Waals surface area contributed by atoms with Crippen molar-refractivity contribution in [3.8, 4) is 0 Å². The van der Waals surface area contributed by atoms with E-state index in [1.54, 1.807) is 0 Å². The zero-order chi connectivity index (χ0) is 15.8. The number of rotatable bonds is 5. The average molecular weight is 319 g/mol. The number of hydrogen-bond donors (Lipinski definition) is 2. The standard InChI is InChI=1S/C12H11F2NO5S/c13-11(14)21(19,20)8-3-1-2-7(6-8)15-9(16)12(4-5-12)10(17)18/h1-3,6,11H,4-5H2,(H,15,16)(H,17,18). The van der Waals surface area contributed by atoms with Crippen molar-refractivity contribution in [1.82, 2.24) is 0 Å². The van der Waals surface area contributed by atoms with E-state index in [9.17, 15) is 26.8 Å². The third-order valence-corrected chi connectivity index (χ3v) is 4.63. The van der Waals surface area contributed by atoms with E-state index in [1.165, 1.54) is 12.1 Å². The van der Waals surface area contributed by atoms with Crippen molar-refractivity contribution in [3.63, 3.8) is 0 Å². The maximum Gasteiger partial charge on any atom is 0.341 e. The molecule has 0 saturated heterocycles. The molecule has 1 aromatic carbocycles. The van der Waals surface area contributed by atoms with Crippen LogP contribution in [-0.4, -0.2) is 31.2 Å². The second-order valence-corrected chi connectivity index (χ2v) is 6.59. The molecule has 1 fully saturated rings. The van der Waals surface area contributed by atoms with E-state index in [1.807, 2.05) is 0 Å². The third kappa shape index (κ3) is 2.73. The van der Waals surface area contributed by atoms with Crippen LogP contribution in [-0.2, 0) is 19.4 Å². The molecule has 1 aromatic rings. The number of alkyl halides is 2. The molecule has 0 heterocycles. The second kappa shape index (κ2) is 5.06. The number of hydrogen-bond acceptors (Lipinski definition) is 4. The molecule has 0 radical (unpaired) electrons. The van der Waals surface area contributed by atoms with Gasteiger partial charge in [0.25, 0.3) is 0 Å². The predicted octanol–water partition coefficient (Wildman–Crippen LogP) is 1.49. The van der Waals surface area contributed by atoms with Crippen molar-refractivity contribution < 1.29 is 31.9 Å². The fourth-order valence-electron chi connectivity index (χ4n) is 1.77. The first-order valence-electron chi connectivity index (χ1n) is 5.87. The van der Waals surface area contributed by atoms with Crippen molar-refractivity contribution in [2.24, 2.45) is 5.41 Å². The van der Waals surface area contributed by atoms with Gasteiger partial charge in [0.05, 0.1) is 4.90 Å². The minimum absolute atomic E-state index is 0.0470. The van der Waals surface area contributed by atoms with Crippen LogP contribution in [0, 0.1) is 5.41 Å². The Kier molecular flexibility index (Phi) is 3.70. The number of carboxylic acid groups (broad SMARTS) is 1. The lowest BCUT2D eigenvalue weighted by atomic mass is 10.1. The highest BCUT2D eigenvalue weighted by molar-refractivity contribution is 7.91.